The van der Waals surface area contributed by atoms with Gasteiger partial charge in [0.1, 0.15) is 11.9 Å². The highest BCUT2D eigenvalue weighted by Gasteiger charge is 2.29. The van der Waals surface area contributed by atoms with Gasteiger partial charge in [-0.1, -0.05) is 12.1 Å². The highest BCUT2D eigenvalue weighted by Crippen LogP contribution is 2.34. The van der Waals surface area contributed by atoms with Crippen LogP contribution in [0, 0.1) is 0 Å². The predicted molar refractivity (Wildman–Crippen MR) is 74.6 cm³/mol. The minimum Gasteiger partial charge on any atom is -0.487 e. The summed E-state index contributed by atoms with van der Waals surface area (Å²) in [6.07, 6.45) is -0.0442. The van der Waals surface area contributed by atoms with Crippen LogP contribution >= 0.6 is 15.9 Å². The molecule has 1 atom stereocenters. The SMILES string of the molecule is CC1CN(C(=O)c2ccc(Br)o2)c2ccccc2O1. The minimum absolute atomic E-state index is 0.0442. The van der Waals surface area contributed by atoms with Crippen LogP contribution in [0.15, 0.2) is 45.5 Å². The number of rotatable bonds is 1. The van der Waals surface area contributed by atoms with Crippen LogP contribution in [0.25, 0.3) is 0 Å². The minimum atomic E-state index is -0.159. The summed E-state index contributed by atoms with van der Waals surface area (Å²) in [6.45, 7) is 2.45. The van der Waals surface area contributed by atoms with Crippen LogP contribution in [-0.2, 0) is 0 Å². The third kappa shape index (κ3) is 2.26. The standard InChI is InChI=1S/C14H12BrNO3/c1-9-8-16(10-4-2-3-5-11(10)18-9)14(17)12-6-7-13(15)19-12/h2-7,9H,8H2,1H3. The molecule has 1 aromatic carbocycles. The number of carbonyl (C=O) groups excluding carboxylic acids is 1. The fourth-order valence-corrected chi connectivity index (χ4v) is 2.45. The first-order chi connectivity index (χ1) is 9.15. The van der Waals surface area contributed by atoms with Crippen molar-refractivity contribution in [3.63, 3.8) is 0 Å². The van der Waals surface area contributed by atoms with Crippen LogP contribution in [0.5, 0.6) is 5.75 Å². The Kier molecular flexibility index (Phi) is 3.06. The molecule has 2 heterocycles. The number of benzene rings is 1. The van der Waals surface area contributed by atoms with Gasteiger partial charge in [-0.25, -0.2) is 0 Å². The second-order valence-electron chi connectivity index (χ2n) is 4.42. The van der Waals surface area contributed by atoms with Gasteiger partial charge in [0, 0.05) is 0 Å². The number of halogens is 1. The van der Waals surface area contributed by atoms with Gasteiger partial charge in [0.05, 0.1) is 12.2 Å². The average Bonchev–Trinajstić information content (AvgIpc) is 2.83. The van der Waals surface area contributed by atoms with Crippen molar-refractivity contribution in [3.8, 4) is 5.75 Å². The molecule has 0 fully saturated rings. The van der Waals surface area contributed by atoms with E-state index in [1.165, 1.54) is 0 Å². The molecule has 1 aliphatic heterocycles. The number of ether oxygens (including phenoxy) is 1. The molecule has 3 rings (SSSR count). The molecule has 98 valence electrons. The molecule has 19 heavy (non-hydrogen) atoms. The lowest BCUT2D eigenvalue weighted by atomic mass is 10.2. The smallest absolute Gasteiger partial charge is 0.294 e. The first kappa shape index (κ1) is 12.3. The van der Waals surface area contributed by atoms with Crippen molar-refractivity contribution in [3.05, 3.63) is 46.8 Å². The number of furan rings is 1. The van der Waals surface area contributed by atoms with Crippen LogP contribution in [0.1, 0.15) is 17.5 Å². The summed E-state index contributed by atoms with van der Waals surface area (Å²) in [5.41, 5.74) is 0.776. The molecule has 1 aromatic heterocycles. The normalized spacial score (nSPS) is 17.8. The molecule has 0 saturated heterocycles. The lowest BCUT2D eigenvalue weighted by Crippen LogP contribution is -2.42. The maximum atomic E-state index is 12.5. The Morgan fingerprint density at radius 3 is 2.84 bits per heavy atom. The second kappa shape index (κ2) is 4.74. The number of hydrogen-bond acceptors (Lipinski definition) is 3. The van der Waals surface area contributed by atoms with E-state index in [0.717, 1.165) is 11.4 Å². The van der Waals surface area contributed by atoms with E-state index < -0.39 is 0 Å². The van der Waals surface area contributed by atoms with Gasteiger partial charge < -0.3 is 9.15 Å². The van der Waals surface area contributed by atoms with Crippen LogP contribution in [0.3, 0.4) is 0 Å². The summed E-state index contributed by atoms with van der Waals surface area (Å²) in [6, 6.07) is 10.9. The van der Waals surface area contributed by atoms with Gasteiger partial charge in [0.15, 0.2) is 10.4 Å². The molecule has 4 nitrogen and oxygen atoms in total. The maximum Gasteiger partial charge on any atom is 0.294 e. The molecule has 2 aromatic rings. The van der Waals surface area contributed by atoms with Gasteiger partial charge in [-0.3, -0.25) is 9.69 Å². The molecule has 0 bridgehead atoms. The molecule has 1 aliphatic rings. The third-order valence-electron chi connectivity index (χ3n) is 2.95. The zero-order valence-corrected chi connectivity index (χ0v) is 11.9. The van der Waals surface area contributed by atoms with E-state index in [0.29, 0.717) is 17.0 Å². The zero-order valence-electron chi connectivity index (χ0n) is 10.3. The van der Waals surface area contributed by atoms with Crippen LogP contribution in [0.2, 0.25) is 0 Å². The Balaban J connectivity index is 1.99. The predicted octanol–water partition coefficient (Wildman–Crippen LogP) is 3.47. The first-order valence-electron chi connectivity index (χ1n) is 5.98. The summed E-state index contributed by atoms with van der Waals surface area (Å²) in [5.74, 6) is 0.879. The molecule has 0 saturated carbocycles. The van der Waals surface area contributed by atoms with Crippen molar-refractivity contribution in [2.75, 3.05) is 11.4 Å². The molecule has 0 spiro atoms. The van der Waals surface area contributed by atoms with Crippen molar-refractivity contribution < 1.29 is 13.9 Å². The van der Waals surface area contributed by atoms with Gasteiger partial charge in [0.25, 0.3) is 5.91 Å². The Morgan fingerprint density at radius 2 is 2.11 bits per heavy atom. The molecule has 0 N–H and O–H groups in total. The number of carbonyl (C=O) groups is 1. The number of hydrogen-bond donors (Lipinski definition) is 0. The molecular weight excluding hydrogens is 310 g/mol. The van der Waals surface area contributed by atoms with Gasteiger partial charge in [0.2, 0.25) is 0 Å². The molecular formula is C14H12BrNO3. The molecule has 1 unspecified atom stereocenters. The zero-order chi connectivity index (χ0) is 13.4. The van der Waals surface area contributed by atoms with Crippen molar-refractivity contribution in [1.82, 2.24) is 0 Å². The lowest BCUT2D eigenvalue weighted by molar-refractivity contribution is 0.0933. The van der Waals surface area contributed by atoms with E-state index in [1.807, 2.05) is 31.2 Å². The van der Waals surface area contributed by atoms with Crippen LogP contribution in [0.4, 0.5) is 5.69 Å². The summed E-state index contributed by atoms with van der Waals surface area (Å²) in [7, 11) is 0. The summed E-state index contributed by atoms with van der Waals surface area (Å²) < 4.78 is 11.6. The topological polar surface area (TPSA) is 42.7 Å². The number of anilines is 1. The van der Waals surface area contributed by atoms with Gasteiger partial charge >= 0.3 is 0 Å². The van der Waals surface area contributed by atoms with E-state index >= 15 is 0 Å². The van der Waals surface area contributed by atoms with E-state index in [1.54, 1.807) is 17.0 Å². The Labute approximate surface area is 119 Å². The third-order valence-corrected chi connectivity index (χ3v) is 3.38. The van der Waals surface area contributed by atoms with Crippen LogP contribution < -0.4 is 9.64 Å². The highest BCUT2D eigenvalue weighted by atomic mass is 79.9. The maximum absolute atomic E-state index is 12.5. The van der Waals surface area contributed by atoms with Crippen molar-refractivity contribution in [2.45, 2.75) is 13.0 Å². The first-order valence-corrected chi connectivity index (χ1v) is 6.77. The number of nitrogens with zero attached hydrogens (tertiary/aromatic N) is 1. The number of fused-ring (bicyclic) bond motifs is 1. The average molecular weight is 322 g/mol. The van der Waals surface area contributed by atoms with E-state index in [-0.39, 0.29) is 12.0 Å². The molecule has 1 amide bonds. The van der Waals surface area contributed by atoms with Gasteiger partial charge in [-0.15, -0.1) is 0 Å². The number of para-hydroxylation sites is 2. The summed E-state index contributed by atoms with van der Waals surface area (Å²) in [4.78, 5) is 14.2. The van der Waals surface area contributed by atoms with E-state index in [2.05, 4.69) is 15.9 Å². The fraction of sp³-hybridized carbons (Fsp3) is 0.214. The van der Waals surface area contributed by atoms with Crippen molar-refractivity contribution >= 4 is 27.5 Å². The Bertz CT molecular complexity index is 623. The van der Waals surface area contributed by atoms with Gasteiger partial charge in [-0.2, -0.15) is 0 Å². The monoisotopic (exact) mass is 321 g/mol. The summed E-state index contributed by atoms with van der Waals surface area (Å²) >= 11 is 3.21. The van der Waals surface area contributed by atoms with Crippen molar-refractivity contribution in [2.24, 2.45) is 0 Å². The quantitative estimate of drug-likeness (QED) is 0.807. The largest absolute Gasteiger partial charge is 0.487 e. The number of amides is 1. The van der Waals surface area contributed by atoms with Crippen LogP contribution in [-0.4, -0.2) is 18.6 Å². The molecule has 5 heteroatoms. The molecule has 0 aliphatic carbocycles. The molecule has 0 radical (unpaired) electrons. The summed E-state index contributed by atoms with van der Waals surface area (Å²) in [5, 5.41) is 0. The van der Waals surface area contributed by atoms with E-state index in [4.69, 9.17) is 9.15 Å². The Hall–Kier alpha value is -1.75. The van der Waals surface area contributed by atoms with Crippen molar-refractivity contribution in [1.29, 1.82) is 0 Å². The Morgan fingerprint density at radius 1 is 1.32 bits per heavy atom. The van der Waals surface area contributed by atoms with E-state index in [9.17, 15) is 4.79 Å². The lowest BCUT2D eigenvalue weighted by Gasteiger charge is -2.32. The second-order valence-corrected chi connectivity index (χ2v) is 5.20. The fourth-order valence-electron chi connectivity index (χ4n) is 2.14. The van der Waals surface area contributed by atoms with Gasteiger partial charge in [-0.05, 0) is 47.1 Å². The highest BCUT2D eigenvalue weighted by molar-refractivity contribution is 9.10.